The zero-order valence-corrected chi connectivity index (χ0v) is 23.5. The standard InChI is InChI=1S/C25H17BrFN3O5S3/c1-35-16-10-13(9-15(26)20(16)31)19-18(21(32)17-3-2-8-36-17)22(33)23(34)30(19)24-28-29-25(38-24)37-11-12-4-6-14(27)7-5-12/h2-10,19,31,33H,11H2,1H3. The molecule has 0 bridgehead atoms. The first-order chi connectivity index (χ1) is 18.3. The summed E-state index contributed by atoms with van der Waals surface area (Å²) in [4.78, 5) is 28.4. The topological polar surface area (TPSA) is 113 Å². The number of carbonyl (C=O) groups excluding carboxylic acids is 2. The van der Waals surface area contributed by atoms with E-state index in [1.807, 2.05) is 0 Å². The number of halogens is 2. The van der Waals surface area contributed by atoms with Crippen LogP contribution in [-0.4, -0.2) is 39.2 Å². The number of thiophene rings is 1. The monoisotopic (exact) mass is 633 g/mol. The van der Waals surface area contributed by atoms with Crippen molar-refractivity contribution in [1.29, 1.82) is 0 Å². The van der Waals surface area contributed by atoms with Crippen molar-refractivity contribution in [3.8, 4) is 11.5 Å². The third-order valence-corrected chi connectivity index (χ3v) is 9.26. The van der Waals surface area contributed by atoms with Gasteiger partial charge in [0.1, 0.15) is 5.82 Å². The molecule has 0 saturated carbocycles. The molecule has 13 heteroatoms. The number of phenolic OH excluding ortho intramolecular Hbond substituents is 1. The lowest BCUT2D eigenvalue weighted by molar-refractivity contribution is -0.117. The first-order valence-electron chi connectivity index (χ1n) is 10.9. The Morgan fingerprint density at radius 3 is 2.66 bits per heavy atom. The second-order valence-electron chi connectivity index (χ2n) is 7.97. The number of nitrogens with zero attached hydrogens (tertiary/aromatic N) is 3. The van der Waals surface area contributed by atoms with Crippen LogP contribution >= 0.6 is 50.4 Å². The van der Waals surface area contributed by atoms with E-state index < -0.39 is 23.5 Å². The molecule has 1 amide bonds. The summed E-state index contributed by atoms with van der Waals surface area (Å²) in [6.45, 7) is 0. The maximum absolute atomic E-state index is 13.5. The normalized spacial score (nSPS) is 15.4. The molecule has 38 heavy (non-hydrogen) atoms. The first kappa shape index (κ1) is 26.4. The number of aliphatic hydroxyl groups excluding tert-OH is 1. The number of aromatic hydroxyl groups is 1. The predicted molar refractivity (Wildman–Crippen MR) is 147 cm³/mol. The maximum atomic E-state index is 13.5. The van der Waals surface area contributed by atoms with Crippen LogP contribution in [0.4, 0.5) is 9.52 Å². The van der Waals surface area contributed by atoms with Crippen LogP contribution in [0.2, 0.25) is 0 Å². The van der Waals surface area contributed by atoms with Gasteiger partial charge in [0.25, 0.3) is 5.91 Å². The third-order valence-electron chi connectivity index (χ3n) is 5.66. The summed E-state index contributed by atoms with van der Waals surface area (Å²) in [7, 11) is 1.38. The highest BCUT2D eigenvalue weighted by molar-refractivity contribution is 9.10. The predicted octanol–water partition coefficient (Wildman–Crippen LogP) is 6.29. The van der Waals surface area contributed by atoms with Gasteiger partial charge in [0.15, 0.2) is 21.6 Å². The Balaban J connectivity index is 1.54. The lowest BCUT2D eigenvalue weighted by Gasteiger charge is -2.24. The Morgan fingerprint density at radius 1 is 1.21 bits per heavy atom. The molecule has 0 aliphatic carbocycles. The fraction of sp³-hybridized carbons (Fsp3) is 0.120. The van der Waals surface area contributed by atoms with Gasteiger partial charge >= 0.3 is 0 Å². The van der Waals surface area contributed by atoms with Crippen molar-refractivity contribution in [2.24, 2.45) is 0 Å². The largest absolute Gasteiger partial charge is 0.503 e. The SMILES string of the molecule is COc1cc(C2C(C(=O)c3cccs3)=C(O)C(=O)N2c2nnc(SCc3ccc(F)cc3)s2)cc(Br)c1O. The average molecular weight is 635 g/mol. The van der Waals surface area contributed by atoms with Crippen molar-refractivity contribution in [3.05, 3.63) is 91.5 Å². The minimum Gasteiger partial charge on any atom is -0.503 e. The molecule has 2 aromatic carbocycles. The molecule has 0 spiro atoms. The quantitative estimate of drug-likeness (QED) is 0.132. The third kappa shape index (κ3) is 4.94. The number of aromatic nitrogens is 2. The lowest BCUT2D eigenvalue weighted by Crippen LogP contribution is -2.31. The number of amides is 1. The summed E-state index contributed by atoms with van der Waals surface area (Å²) in [5.41, 5.74) is 1.17. The summed E-state index contributed by atoms with van der Waals surface area (Å²) < 4.78 is 19.3. The molecule has 1 aliphatic heterocycles. The number of carbonyl (C=O) groups is 2. The number of hydrogen-bond acceptors (Lipinski definition) is 10. The number of Topliss-reactive ketones (excluding diaryl/α,β-unsaturated/α-hetero) is 1. The van der Waals surface area contributed by atoms with Gasteiger partial charge in [-0.15, -0.1) is 21.5 Å². The number of rotatable bonds is 8. The molecule has 0 saturated heterocycles. The number of phenols is 1. The van der Waals surface area contributed by atoms with Crippen molar-refractivity contribution < 1.29 is 28.9 Å². The highest BCUT2D eigenvalue weighted by Crippen LogP contribution is 2.47. The van der Waals surface area contributed by atoms with E-state index in [9.17, 15) is 24.2 Å². The molecule has 5 rings (SSSR count). The fourth-order valence-electron chi connectivity index (χ4n) is 3.88. The van der Waals surface area contributed by atoms with Gasteiger partial charge in [-0.05, 0) is 62.8 Å². The first-order valence-corrected chi connectivity index (χ1v) is 14.4. The molecule has 1 atom stereocenters. The Labute approximate surface area is 236 Å². The van der Waals surface area contributed by atoms with Gasteiger partial charge < -0.3 is 14.9 Å². The van der Waals surface area contributed by atoms with E-state index in [-0.39, 0.29) is 32.5 Å². The summed E-state index contributed by atoms with van der Waals surface area (Å²) >= 11 is 6.95. The number of hydrogen-bond donors (Lipinski definition) is 2. The molecule has 0 fully saturated rings. The number of anilines is 1. The smallest absolute Gasteiger partial charge is 0.296 e. The Morgan fingerprint density at radius 2 is 1.97 bits per heavy atom. The molecule has 4 aromatic rings. The number of benzene rings is 2. The molecule has 2 N–H and O–H groups in total. The van der Waals surface area contributed by atoms with E-state index in [0.29, 0.717) is 20.5 Å². The molecule has 3 heterocycles. The fourth-order valence-corrected chi connectivity index (χ4v) is 6.84. The van der Waals surface area contributed by atoms with Crippen LogP contribution in [0.5, 0.6) is 11.5 Å². The van der Waals surface area contributed by atoms with Gasteiger partial charge in [0, 0.05) is 5.75 Å². The second kappa shape index (κ2) is 10.8. The van der Waals surface area contributed by atoms with Crippen molar-refractivity contribution in [2.45, 2.75) is 16.1 Å². The van der Waals surface area contributed by atoms with Gasteiger partial charge in [0.05, 0.1) is 28.1 Å². The van der Waals surface area contributed by atoms with Gasteiger partial charge in [-0.2, -0.15) is 0 Å². The summed E-state index contributed by atoms with van der Waals surface area (Å²) in [5, 5.41) is 31.5. The highest BCUT2D eigenvalue weighted by Gasteiger charge is 2.46. The number of ketones is 1. The molecule has 1 unspecified atom stereocenters. The van der Waals surface area contributed by atoms with Crippen molar-refractivity contribution in [1.82, 2.24) is 10.2 Å². The Bertz CT molecular complexity index is 1560. The zero-order valence-electron chi connectivity index (χ0n) is 19.4. The maximum Gasteiger partial charge on any atom is 0.296 e. The van der Waals surface area contributed by atoms with E-state index in [1.54, 1.807) is 35.7 Å². The van der Waals surface area contributed by atoms with Crippen LogP contribution in [0, 0.1) is 5.82 Å². The summed E-state index contributed by atoms with van der Waals surface area (Å²) in [6.07, 6.45) is 0. The van der Waals surface area contributed by atoms with Crippen LogP contribution in [0.25, 0.3) is 0 Å². The molecular weight excluding hydrogens is 617 g/mol. The van der Waals surface area contributed by atoms with Gasteiger partial charge in [-0.3, -0.25) is 14.5 Å². The number of ether oxygens (including phenoxy) is 1. The van der Waals surface area contributed by atoms with Crippen LogP contribution in [0.1, 0.15) is 26.8 Å². The Kier molecular flexibility index (Phi) is 7.52. The number of aliphatic hydroxyl groups is 1. The molecule has 0 radical (unpaired) electrons. The molecule has 1 aliphatic rings. The van der Waals surface area contributed by atoms with Crippen molar-refractivity contribution in [2.75, 3.05) is 12.0 Å². The van der Waals surface area contributed by atoms with Crippen LogP contribution < -0.4 is 9.64 Å². The molecular formula is C25H17BrFN3O5S3. The van der Waals surface area contributed by atoms with E-state index in [1.165, 1.54) is 53.3 Å². The van der Waals surface area contributed by atoms with Crippen molar-refractivity contribution in [3.63, 3.8) is 0 Å². The van der Waals surface area contributed by atoms with Gasteiger partial charge in [-0.1, -0.05) is 41.3 Å². The lowest BCUT2D eigenvalue weighted by atomic mass is 9.95. The second-order valence-corrected chi connectivity index (χ2v) is 11.9. The minimum absolute atomic E-state index is 0.115. The average Bonchev–Trinajstić information content (AvgIpc) is 3.66. The zero-order chi connectivity index (χ0) is 27.0. The molecule has 194 valence electrons. The molecule has 8 nitrogen and oxygen atoms in total. The summed E-state index contributed by atoms with van der Waals surface area (Å²) in [5.74, 6) is -1.85. The van der Waals surface area contributed by atoms with E-state index in [4.69, 9.17) is 4.74 Å². The van der Waals surface area contributed by atoms with E-state index >= 15 is 0 Å². The van der Waals surface area contributed by atoms with Gasteiger partial charge in [0.2, 0.25) is 10.9 Å². The van der Waals surface area contributed by atoms with Crippen LogP contribution in [0.3, 0.4) is 0 Å². The van der Waals surface area contributed by atoms with Crippen molar-refractivity contribution >= 4 is 67.2 Å². The van der Waals surface area contributed by atoms with Crippen LogP contribution in [-0.2, 0) is 10.5 Å². The Hall–Kier alpha value is -3.26. The van der Waals surface area contributed by atoms with E-state index in [0.717, 1.165) is 16.9 Å². The highest BCUT2D eigenvalue weighted by atomic mass is 79.9. The van der Waals surface area contributed by atoms with Gasteiger partial charge in [-0.25, -0.2) is 4.39 Å². The summed E-state index contributed by atoms with van der Waals surface area (Å²) in [6, 6.07) is 11.4. The number of thioether (sulfide) groups is 1. The number of methoxy groups -OCH3 is 1. The van der Waals surface area contributed by atoms with E-state index in [2.05, 4.69) is 26.1 Å². The molecule has 2 aromatic heterocycles. The minimum atomic E-state index is -1.06. The van der Waals surface area contributed by atoms with Crippen LogP contribution in [0.15, 0.2) is 74.1 Å².